The molecule has 0 saturated carbocycles. The van der Waals surface area contributed by atoms with Crippen LogP contribution in [0.1, 0.15) is 29.4 Å². The van der Waals surface area contributed by atoms with Crippen LogP contribution >= 0.6 is 0 Å². The van der Waals surface area contributed by atoms with E-state index >= 15 is 0 Å². The quantitative estimate of drug-likeness (QED) is 0.773. The lowest BCUT2D eigenvalue weighted by molar-refractivity contribution is -0.131. The van der Waals surface area contributed by atoms with Gasteiger partial charge in [0.2, 0.25) is 5.91 Å². The van der Waals surface area contributed by atoms with Gasteiger partial charge in [0.05, 0.1) is 11.4 Å². The molecule has 0 spiro atoms. The molecule has 2 aromatic rings. The van der Waals surface area contributed by atoms with Crippen molar-refractivity contribution in [2.24, 2.45) is 11.1 Å². The van der Waals surface area contributed by atoms with Gasteiger partial charge in [0, 0.05) is 24.7 Å². The highest BCUT2D eigenvalue weighted by molar-refractivity contribution is 5.96. The van der Waals surface area contributed by atoms with Crippen molar-refractivity contribution >= 4 is 17.5 Å². The number of anilines is 1. The van der Waals surface area contributed by atoms with E-state index < -0.39 is 23.0 Å². The first-order chi connectivity index (χ1) is 13.1. The SMILES string of the molecule is CN1CC[C@@](C)(C#Cc2cc(F)c(F)c(-c3ccc(N)c(C(N)=O)n3)c2)C1=O. The molecule has 8 heteroatoms. The van der Waals surface area contributed by atoms with Crippen molar-refractivity contribution in [1.29, 1.82) is 0 Å². The van der Waals surface area contributed by atoms with Crippen molar-refractivity contribution in [1.82, 2.24) is 9.88 Å². The molecule has 1 aliphatic rings. The molecule has 1 aromatic heterocycles. The molecule has 1 aliphatic heterocycles. The Morgan fingerprint density at radius 2 is 2.04 bits per heavy atom. The van der Waals surface area contributed by atoms with E-state index in [1.54, 1.807) is 18.9 Å². The predicted molar refractivity (Wildman–Crippen MR) is 99.8 cm³/mol. The van der Waals surface area contributed by atoms with Gasteiger partial charge in [0.1, 0.15) is 5.41 Å². The van der Waals surface area contributed by atoms with Crippen LogP contribution in [0, 0.1) is 28.9 Å². The van der Waals surface area contributed by atoms with Crippen LogP contribution in [0.5, 0.6) is 0 Å². The van der Waals surface area contributed by atoms with Gasteiger partial charge < -0.3 is 16.4 Å². The number of pyridine rings is 1. The lowest BCUT2D eigenvalue weighted by Gasteiger charge is -2.14. The number of aromatic nitrogens is 1. The lowest BCUT2D eigenvalue weighted by Crippen LogP contribution is -2.28. The number of hydrogen-bond donors (Lipinski definition) is 2. The number of halogens is 2. The smallest absolute Gasteiger partial charge is 0.269 e. The van der Waals surface area contributed by atoms with Crippen LogP contribution in [0.4, 0.5) is 14.5 Å². The summed E-state index contributed by atoms with van der Waals surface area (Å²) in [5.74, 6) is 2.37. The number of nitrogen functional groups attached to an aromatic ring is 1. The largest absolute Gasteiger partial charge is 0.397 e. The summed E-state index contributed by atoms with van der Waals surface area (Å²) in [6, 6.07) is 4.95. The van der Waals surface area contributed by atoms with E-state index in [1.807, 2.05) is 0 Å². The first-order valence-corrected chi connectivity index (χ1v) is 8.47. The summed E-state index contributed by atoms with van der Waals surface area (Å²) in [5, 5.41) is 0. The highest BCUT2D eigenvalue weighted by Crippen LogP contribution is 2.30. The number of rotatable bonds is 2. The molecule has 6 nitrogen and oxygen atoms in total. The highest BCUT2D eigenvalue weighted by atomic mass is 19.2. The van der Waals surface area contributed by atoms with Gasteiger partial charge in [-0.1, -0.05) is 11.8 Å². The monoisotopic (exact) mass is 384 g/mol. The molecule has 1 fully saturated rings. The number of likely N-dealkylation sites (tertiary alicyclic amines) is 1. The number of hydrogen-bond acceptors (Lipinski definition) is 4. The molecular formula is C20H18F2N4O2. The Hall–Kier alpha value is -3.47. The minimum Gasteiger partial charge on any atom is -0.397 e. The van der Waals surface area contributed by atoms with Gasteiger partial charge in [0.25, 0.3) is 5.91 Å². The minimum atomic E-state index is -1.14. The van der Waals surface area contributed by atoms with Gasteiger partial charge >= 0.3 is 0 Å². The van der Waals surface area contributed by atoms with E-state index in [1.165, 1.54) is 18.2 Å². The second-order valence-corrected chi connectivity index (χ2v) is 6.88. The summed E-state index contributed by atoms with van der Waals surface area (Å²) in [4.78, 5) is 29.2. The van der Waals surface area contributed by atoms with E-state index in [4.69, 9.17) is 11.5 Å². The Labute approximate surface area is 160 Å². The third-order valence-corrected chi connectivity index (χ3v) is 4.71. The predicted octanol–water partition coefficient (Wildman–Crippen LogP) is 1.93. The topological polar surface area (TPSA) is 102 Å². The van der Waals surface area contributed by atoms with Crippen molar-refractivity contribution in [3.05, 3.63) is 47.2 Å². The highest BCUT2D eigenvalue weighted by Gasteiger charge is 2.39. The normalized spacial score (nSPS) is 18.7. The number of carbonyl (C=O) groups is 2. The Bertz CT molecular complexity index is 1060. The molecule has 28 heavy (non-hydrogen) atoms. The van der Waals surface area contributed by atoms with E-state index in [-0.39, 0.29) is 34.1 Å². The molecule has 2 amide bonds. The summed E-state index contributed by atoms with van der Waals surface area (Å²) in [6.07, 6.45) is 0.549. The molecule has 4 N–H and O–H groups in total. The number of amides is 2. The van der Waals surface area contributed by atoms with Crippen molar-refractivity contribution in [2.75, 3.05) is 19.3 Å². The van der Waals surface area contributed by atoms with Crippen LogP contribution < -0.4 is 11.5 Å². The summed E-state index contributed by atoms with van der Waals surface area (Å²) in [6.45, 7) is 2.30. The summed E-state index contributed by atoms with van der Waals surface area (Å²) in [5.41, 5.74) is 9.74. The van der Waals surface area contributed by atoms with Gasteiger partial charge in [-0.25, -0.2) is 13.8 Å². The summed E-state index contributed by atoms with van der Waals surface area (Å²) < 4.78 is 28.5. The maximum absolute atomic E-state index is 14.4. The van der Waals surface area contributed by atoms with Crippen molar-refractivity contribution in [3.8, 4) is 23.1 Å². The third kappa shape index (κ3) is 3.39. The van der Waals surface area contributed by atoms with Crippen molar-refractivity contribution < 1.29 is 18.4 Å². The fourth-order valence-electron chi connectivity index (χ4n) is 3.01. The average Bonchev–Trinajstić information content (AvgIpc) is 2.91. The summed E-state index contributed by atoms with van der Waals surface area (Å²) >= 11 is 0. The zero-order valence-corrected chi connectivity index (χ0v) is 15.3. The van der Waals surface area contributed by atoms with E-state index in [9.17, 15) is 18.4 Å². The zero-order chi connectivity index (χ0) is 20.6. The lowest BCUT2D eigenvalue weighted by atomic mass is 9.89. The fraction of sp³-hybridized carbons (Fsp3) is 0.250. The molecule has 0 aliphatic carbocycles. The first-order valence-electron chi connectivity index (χ1n) is 8.47. The maximum Gasteiger partial charge on any atom is 0.269 e. The fourth-order valence-corrected chi connectivity index (χ4v) is 3.01. The van der Waals surface area contributed by atoms with Crippen LogP contribution in [0.25, 0.3) is 11.3 Å². The van der Waals surface area contributed by atoms with E-state index in [2.05, 4.69) is 16.8 Å². The molecule has 144 valence electrons. The molecule has 1 aromatic carbocycles. The number of primary amides is 1. The Balaban J connectivity index is 2.06. The number of nitrogens with two attached hydrogens (primary N) is 2. The van der Waals surface area contributed by atoms with Crippen LogP contribution in [0.3, 0.4) is 0 Å². The van der Waals surface area contributed by atoms with Gasteiger partial charge in [-0.15, -0.1) is 0 Å². The van der Waals surface area contributed by atoms with Gasteiger partial charge in [-0.2, -0.15) is 0 Å². The Kier molecular flexibility index (Phi) is 4.77. The molecule has 0 bridgehead atoms. The standard InChI is InChI=1S/C20H18F2N4O2/c1-20(7-8-26(2)19(20)28)6-5-11-9-12(16(22)13(21)10-11)15-4-3-14(23)17(25-15)18(24)27/h3-4,9-10H,7-8,23H2,1-2H3,(H2,24,27)/t20-/m1/s1. The van der Waals surface area contributed by atoms with Crippen LogP contribution in [-0.2, 0) is 4.79 Å². The average molecular weight is 384 g/mol. The van der Waals surface area contributed by atoms with Gasteiger partial charge in [0.15, 0.2) is 17.3 Å². The maximum atomic E-state index is 14.4. The number of nitrogens with zero attached hydrogens (tertiary/aromatic N) is 2. The second-order valence-electron chi connectivity index (χ2n) is 6.88. The Morgan fingerprint density at radius 3 is 2.64 bits per heavy atom. The molecule has 1 saturated heterocycles. The van der Waals surface area contributed by atoms with Gasteiger partial charge in [-0.05, 0) is 37.6 Å². The first kappa shape index (κ1) is 19.3. The van der Waals surface area contributed by atoms with Crippen LogP contribution in [0.15, 0.2) is 24.3 Å². The molecule has 0 unspecified atom stereocenters. The Morgan fingerprint density at radius 1 is 1.32 bits per heavy atom. The molecule has 0 radical (unpaired) electrons. The number of benzene rings is 1. The molecule has 3 rings (SSSR count). The second kappa shape index (κ2) is 6.93. The van der Waals surface area contributed by atoms with E-state index in [0.29, 0.717) is 13.0 Å². The van der Waals surface area contributed by atoms with Gasteiger partial charge in [-0.3, -0.25) is 9.59 Å². The van der Waals surface area contributed by atoms with Crippen molar-refractivity contribution in [3.63, 3.8) is 0 Å². The zero-order valence-electron chi connectivity index (χ0n) is 15.3. The van der Waals surface area contributed by atoms with Crippen molar-refractivity contribution in [2.45, 2.75) is 13.3 Å². The van der Waals surface area contributed by atoms with Crippen LogP contribution in [0.2, 0.25) is 0 Å². The molecule has 1 atom stereocenters. The minimum absolute atomic E-state index is 0.00839. The van der Waals surface area contributed by atoms with E-state index in [0.717, 1.165) is 6.07 Å². The molecular weight excluding hydrogens is 366 g/mol. The third-order valence-electron chi connectivity index (χ3n) is 4.71. The van der Waals surface area contributed by atoms with Crippen LogP contribution in [-0.4, -0.2) is 35.3 Å². The molecule has 2 heterocycles. The number of carbonyl (C=O) groups excluding carboxylic acids is 2. The summed E-state index contributed by atoms with van der Waals surface area (Å²) in [7, 11) is 1.69.